The van der Waals surface area contributed by atoms with Gasteiger partial charge in [0.2, 0.25) is 0 Å². The van der Waals surface area contributed by atoms with Crippen LogP contribution in [0.5, 0.6) is 11.5 Å². The molecule has 0 fully saturated rings. The van der Waals surface area contributed by atoms with E-state index >= 15 is 0 Å². The van der Waals surface area contributed by atoms with Gasteiger partial charge in [0.05, 0.1) is 13.7 Å². The summed E-state index contributed by atoms with van der Waals surface area (Å²) in [6.45, 7) is 0.838. The lowest BCUT2D eigenvalue weighted by Gasteiger charge is -2.15. The summed E-state index contributed by atoms with van der Waals surface area (Å²) in [6.07, 6.45) is 4.38. The van der Waals surface area contributed by atoms with E-state index in [0.717, 1.165) is 11.4 Å². The lowest BCUT2D eigenvalue weighted by Crippen LogP contribution is -2.09. The zero-order valence-corrected chi connectivity index (χ0v) is 12.4. The molecule has 0 unspecified atom stereocenters. The highest BCUT2D eigenvalue weighted by atomic mass is 35.5. The summed E-state index contributed by atoms with van der Waals surface area (Å²) in [6, 6.07) is 3.51. The summed E-state index contributed by atoms with van der Waals surface area (Å²) in [5.74, 6) is 2.21. The fourth-order valence-corrected chi connectivity index (χ4v) is 2.20. The van der Waals surface area contributed by atoms with Crippen molar-refractivity contribution in [2.45, 2.75) is 13.0 Å². The number of hydrogen-bond acceptors (Lipinski definition) is 4. The number of halogens is 1. The molecule has 0 radical (unpaired) electrons. The molecule has 2 rings (SSSR count). The van der Waals surface area contributed by atoms with Gasteiger partial charge in [0.25, 0.3) is 0 Å². The van der Waals surface area contributed by atoms with Crippen LogP contribution in [0.3, 0.4) is 0 Å². The van der Waals surface area contributed by atoms with Gasteiger partial charge in [-0.05, 0) is 6.07 Å². The highest BCUT2D eigenvalue weighted by molar-refractivity contribution is 6.30. The normalized spacial score (nSPS) is 10.6. The summed E-state index contributed by atoms with van der Waals surface area (Å²) in [5, 5.41) is 0.582. The molecule has 6 heteroatoms. The van der Waals surface area contributed by atoms with Gasteiger partial charge in [0, 0.05) is 49.1 Å². The molecule has 0 aliphatic heterocycles. The predicted molar refractivity (Wildman–Crippen MR) is 78.3 cm³/mol. The van der Waals surface area contributed by atoms with Crippen LogP contribution in [-0.4, -0.2) is 23.3 Å². The number of aromatic nitrogens is 2. The van der Waals surface area contributed by atoms with Gasteiger partial charge >= 0.3 is 0 Å². The highest BCUT2D eigenvalue weighted by Crippen LogP contribution is 2.34. The second-order valence-electron chi connectivity index (χ2n) is 4.35. The zero-order valence-electron chi connectivity index (χ0n) is 11.6. The fourth-order valence-electron chi connectivity index (χ4n) is 1.97. The van der Waals surface area contributed by atoms with E-state index in [0.29, 0.717) is 36.1 Å². The number of nitrogens with two attached hydrogens (primary N) is 1. The van der Waals surface area contributed by atoms with Crippen molar-refractivity contribution in [2.24, 2.45) is 12.8 Å². The largest absolute Gasteiger partial charge is 0.493 e. The van der Waals surface area contributed by atoms with Crippen molar-refractivity contribution in [1.29, 1.82) is 0 Å². The molecule has 0 amide bonds. The lowest BCUT2D eigenvalue weighted by molar-refractivity contribution is 0.291. The highest BCUT2D eigenvalue weighted by Gasteiger charge is 2.12. The van der Waals surface area contributed by atoms with Gasteiger partial charge in [-0.3, -0.25) is 0 Å². The van der Waals surface area contributed by atoms with E-state index in [-0.39, 0.29) is 0 Å². The van der Waals surface area contributed by atoms with Crippen LogP contribution in [0.25, 0.3) is 0 Å². The summed E-state index contributed by atoms with van der Waals surface area (Å²) >= 11 is 6.01. The van der Waals surface area contributed by atoms with Crippen LogP contribution in [0.15, 0.2) is 24.5 Å². The van der Waals surface area contributed by atoms with Crippen molar-refractivity contribution >= 4 is 11.6 Å². The number of imidazole rings is 1. The molecule has 1 heterocycles. The quantitative estimate of drug-likeness (QED) is 0.887. The van der Waals surface area contributed by atoms with Crippen molar-refractivity contribution in [3.63, 3.8) is 0 Å². The van der Waals surface area contributed by atoms with Gasteiger partial charge < -0.3 is 19.8 Å². The van der Waals surface area contributed by atoms with Gasteiger partial charge in [-0.2, -0.15) is 0 Å². The maximum absolute atomic E-state index is 6.01. The Balaban J connectivity index is 2.10. The Morgan fingerprint density at radius 3 is 2.80 bits per heavy atom. The maximum atomic E-state index is 6.01. The van der Waals surface area contributed by atoms with Gasteiger partial charge in [-0.1, -0.05) is 11.6 Å². The van der Waals surface area contributed by atoms with Crippen molar-refractivity contribution in [3.8, 4) is 11.5 Å². The zero-order chi connectivity index (χ0) is 14.5. The van der Waals surface area contributed by atoms with E-state index < -0.39 is 0 Å². The molecule has 108 valence electrons. The maximum Gasteiger partial charge on any atom is 0.165 e. The third-order valence-corrected chi connectivity index (χ3v) is 3.25. The Morgan fingerprint density at radius 1 is 1.40 bits per heavy atom. The molecule has 5 nitrogen and oxygen atoms in total. The Labute approximate surface area is 123 Å². The third kappa shape index (κ3) is 3.23. The topological polar surface area (TPSA) is 62.3 Å². The van der Waals surface area contributed by atoms with E-state index in [1.54, 1.807) is 25.4 Å². The average molecular weight is 296 g/mol. The van der Waals surface area contributed by atoms with Crippen molar-refractivity contribution in [3.05, 3.63) is 40.9 Å². The summed E-state index contributed by atoms with van der Waals surface area (Å²) < 4.78 is 13.1. The first-order valence-electron chi connectivity index (χ1n) is 6.31. The Bertz CT molecular complexity index is 559. The molecule has 0 aliphatic rings. The Hall–Kier alpha value is -1.72. The number of hydrogen-bond donors (Lipinski definition) is 1. The average Bonchev–Trinajstić information content (AvgIpc) is 2.85. The molecule has 0 aliphatic carbocycles. The molecule has 0 saturated carbocycles. The van der Waals surface area contributed by atoms with Crippen molar-refractivity contribution < 1.29 is 9.47 Å². The first-order valence-corrected chi connectivity index (χ1v) is 6.69. The Kier molecular flexibility index (Phi) is 4.87. The number of nitrogens with zero attached hydrogens (tertiary/aromatic N) is 2. The molecule has 0 atom stereocenters. The van der Waals surface area contributed by atoms with Crippen LogP contribution in [-0.2, 0) is 20.0 Å². The van der Waals surface area contributed by atoms with Crippen molar-refractivity contribution in [1.82, 2.24) is 9.55 Å². The minimum Gasteiger partial charge on any atom is -0.493 e. The Morgan fingerprint density at radius 2 is 2.20 bits per heavy atom. The van der Waals surface area contributed by atoms with E-state index in [2.05, 4.69) is 4.98 Å². The first kappa shape index (κ1) is 14.7. The van der Waals surface area contributed by atoms with E-state index in [1.165, 1.54) is 0 Å². The SMILES string of the molecule is COc1cc(Cl)cc(CN)c1OCCc1nccn1C. The van der Waals surface area contributed by atoms with Crippen LogP contribution in [0.2, 0.25) is 5.02 Å². The van der Waals surface area contributed by atoms with Crippen LogP contribution < -0.4 is 15.2 Å². The van der Waals surface area contributed by atoms with Crippen LogP contribution >= 0.6 is 11.6 Å². The lowest BCUT2D eigenvalue weighted by atomic mass is 10.2. The summed E-state index contributed by atoms with van der Waals surface area (Å²) in [4.78, 5) is 4.25. The summed E-state index contributed by atoms with van der Waals surface area (Å²) in [5.41, 5.74) is 6.55. The van der Waals surface area contributed by atoms with Gasteiger partial charge in [-0.15, -0.1) is 0 Å². The number of benzene rings is 1. The molecular formula is C14H18ClN3O2. The van der Waals surface area contributed by atoms with Gasteiger partial charge in [0.15, 0.2) is 11.5 Å². The predicted octanol–water partition coefficient (Wildman–Crippen LogP) is 2.16. The van der Waals surface area contributed by atoms with E-state index in [9.17, 15) is 0 Å². The second kappa shape index (κ2) is 6.63. The molecule has 1 aromatic carbocycles. The molecule has 2 N–H and O–H groups in total. The van der Waals surface area contributed by atoms with Crippen molar-refractivity contribution in [2.75, 3.05) is 13.7 Å². The number of methoxy groups -OCH3 is 1. The standard InChI is InChI=1S/C14H18ClN3O2/c1-18-5-4-17-13(18)3-6-20-14-10(9-16)7-11(15)8-12(14)19-2/h4-5,7-8H,3,6,9,16H2,1-2H3. The smallest absolute Gasteiger partial charge is 0.165 e. The minimum atomic E-state index is 0.342. The number of rotatable bonds is 6. The molecule has 0 spiro atoms. The molecular weight excluding hydrogens is 278 g/mol. The van der Waals surface area contributed by atoms with Crippen LogP contribution in [0, 0.1) is 0 Å². The third-order valence-electron chi connectivity index (χ3n) is 3.03. The number of aryl methyl sites for hydroxylation is 1. The van der Waals surface area contributed by atoms with Crippen LogP contribution in [0.4, 0.5) is 0 Å². The first-order chi connectivity index (χ1) is 9.65. The second-order valence-corrected chi connectivity index (χ2v) is 4.79. The molecule has 0 bridgehead atoms. The van der Waals surface area contributed by atoms with Gasteiger partial charge in [-0.25, -0.2) is 4.98 Å². The molecule has 1 aromatic heterocycles. The van der Waals surface area contributed by atoms with Crippen LogP contribution in [0.1, 0.15) is 11.4 Å². The molecule has 2 aromatic rings. The van der Waals surface area contributed by atoms with E-state index in [1.807, 2.05) is 17.8 Å². The van der Waals surface area contributed by atoms with Gasteiger partial charge in [0.1, 0.15) is 5.82 Å². The molecule has 0 saturated heterocycles. The number of ether oxygens (including phenoxy) is 2. The minimum absolute atomic E-state index is 0.342. The summed E-state index contributed by atoms with van der Waals surface area (Å²) in [7, 11) is 3.54. The monoisotopic (exact) mass is 295 g/mol. The fraction of sp³-hybridized carbons (Fsp3) is 0.357. The molecule has 20 heavy (non-hydrogen) atoms. The van der Waals surface area contributed by atoms with E-state index in [4.69, 9.17) is 26.8 Å².